The molecule has 0 aliphatic carbocycles. The van der Waals surface area contributed by atoms with E-state index in [0.29, 0.717) is 36.1 Å². The van der Waals surface area contributed by atoms with Gasteiger partial charge in [-0.05, 0) is 31.7 Å². The Morgan fingerprint density at radius 2 is 2.08 bits per heavy atom. The molecule has 7 heteroatoms. The summed E-state index contributed by atoms with van der Waals surface area (Å²) in [6, 6.07) is 7.12. The van der Waals surface area contributed by atoms with Crippen molar-refractivity contribution in [3.63, 3.8) is 0 Å². The van der Waals surface area contributed by atoms with Crippen LogP contribution in [0.4, 0.5) is 0 Å². The molecule has 1 aromatic carbocycles. The predicted octanol–water partition coefficient (Wildman–Crippen LogP) is 3.02. The van der Waals surface area contributed by atoms with E-state index in [-0.39, 0.29) is 17.9 Å². The number of fused-ring (bicyclic) bond motifs is 1. The van der Waals surface area contributed by atoms with Gasteiger partial charge in [0, 0.05) is 18.6 Å². The third-order valence-corrected chi connectivity index (χ3v) is 4.56. The predicted molar refractivity (Wildman–Crippen MR) is 89.0 cm³/mol. The molecule has 0 radical (unpaired) electrons. The first-order chi connectivity index (χ1) is 12.2. The zero-order valence-electron chi connectivity index (χ0n) is 13.9. The number of amides is 1. The van der Waals surface area contributed by atoms with E-state index in [2.05, 4.69) is 15.5 Å². The monoisotopic (exact) mass is 341 g/mol. The number of ether oxygens (including phenoxy) is 1. The molecular formula is C18H19N3O4. The summed E-state index contributed by atoms with van der Waals surface area (Å²) in [7, 11) is 0. The number of rotatable bonds is 4. The highest BCUT2D eigenvalue weighted by Crippen LogP contribution is 2.30. The summed E-state index contributed by atoms with van der Waals surface area (Å²) in [6.07, 6.45) is 3.15. The number of para-hydroxylation sites is 1. The van der Waals surface area contributed by atoms with Crippen LogP contribution in [0.1, 0.15) is 41.0 Å². The van der Waals surface area contributed by atoms with Crippen LogP contribution in [-0.4, -0.2) is 29.3 Å². The molecular weight excluding hydrogens is 322 g/mol. The Hall–Kier alpha value is -2.67. The number of hydrogen-bond acceptors (Lipinski definition) is 6. The molecule has 0 spiro atoms. The van der Waals surface area contributed by atoms with Crippen molar-refractivity contribution in [1.29, 1.82) is 0 Å². The highest BCUT2D eigenvalue weighted by molar-refractivity contribution is 6.06. The molecule has 1 amide bonds. The van der Waals surface area contributed by atoms with Crippen molar-refractivity contribution in [2.75, 3.05) is 13.2 Å². The van der Waals surface area contributed by atoms with Crippen LogP contribution in [0, 0.1) is 12.8 Å². The molecule has 7 nitrogen and oxygen atoms in total. The van der Waals surface area contributed by atoms with Crippen molar-refractivity contribution in [1.82, 2.24) is 15.5 Å². The lowest BCUT2D eigenvalue weighted by Gasteiger charge is -2.28. The number of nitrogens with one attached hydrogen (secondary N) is 1. The van der Waals surface area contributed by atoms with Crippen LogP contribution in [0.15, 0.2) is 39.5 Å². The number of nitrogens with zero attached hydrogens (tertiary/aromatic N) is 2. The van der Waals surface area contributed by atoms with Crippen molar-refractivity contribution in [2.24, 2.45) is 5.92 Å². The van der Waals surface area contributed by atoms with Gasteiger partial charge in [-0.1, -0.05) is 23.4 Å². The lowest BCUT2D eigenvalue weighted by atomic mass is 9.91. The van der Waals surface area contributed by atoms with Gasteiger partial charge >= 0.3 is 0 Å². The average molecular weight is 341 g/mol. The summed E-state index contributed by atoms with van der Waals surface area (Å²) in [4.78, 5) is 17.2. The molecule has 3 aromatic rings. The number of carbonyl (C=O) groups is 1. The minimum absolute atomic E-state index is 0.190. The molecule has 4 rings (SSSR count). The fraction of sp³-hybridized carbons (Fsp3) is 0.389. The van der Waals surface area contributed by atoms with Crippen LogP contribution in [0.2, 0.25) is 0 Å². The van der Waals surface area contributed by atoms with E-state index in [9.17, 15) is 4.79 Å². The second-order valence-electron chi connectivity index (χ2n) is 6.23. The highest BCUT2D eigenvalue weighted by Gasteiger charge is 2.32. The Bertz CT molecular complexity index is 879. The lowest BCUT2D eigenvalue weighted by Crippen LogP contribution is -2.36. The zero-order valence-corrected chi connectivity index (χ0v) is 13.9. The number of aromatic nitrogens is 2. The molecule has 0 saturated carbocycles. The SMILES string of the molecule is Cc1noc([C@H](NC(=O)c2coc3ccccc23)C2CCOCC2)n1. The van der Waals surface area contributed by atoms with Crippen LogP contribution in [0.3, 0.4) is 0 Å². The highest BCUT2D eigenvalue weighted by atomic mass is 16.5. The molecule has 1 aliphatic rings. The molecule has 0 bridgehead atoms. The van der Waals surface area contributed by atoms with Crippen LogP contribution in [0.5, 0.6) is 0 Å². The maximum Gasteiger partial charge on any atom is 0.255 e. The van der Waals surface area contributed by atoms with Crippen LogP contribution in [-0.2, 0) is 4.74 Å². The second-order valence-corrected chi connectivity index (χ2v) is 6.23. The molecule has 1 atom stereocenters. The van der Waals surface area contributed by atoms with Gasteiger partial charge in [0.05, 0.1) is 5.56 Å². The largest absolute Gasteiger partial charge is 0.463 e. The molecule has 0 unspecified atom stereocenters. The Balaban J connectivity index is 1.62. The standard InChI is InChI=1S/C18H19N3O4/c1-11-19-18(25-21-11)16(12-6-8-23-9-7-12)20-17(22)14-10-24-15-5-3-2-4-13(14)15/h2-5,10,12,16H,6-9H2,1H3,(H,20,22)/t16-/m1/s1. The van der Waals surface area contributed by atoms with Crippen LogP contribution in [0.25, 0.3) is 11.0 Å². The van der Waals surface area contributed by atoms with Gasteiger partial charge in [0.2, 0.25) is 5.89 Å². The summed E-state index contributed by atoms with van der Waals surface area (Å²) in [5, 5.41) is 7.71. The summed E-state index contributed by atoms with van der Waals surface area (Å²) in [6.45, 7) is 3.09. The Morgan fingerprint density at radius 3 is 2.84 bits per heavy atom. The first-order valence-corrected chi connectivity index (χ1v) is 8.37. The number of furan rings is 1. The number of benzene rings is 1. The van der Waals surface area contributed by atoms with Crippen molar-refractivity contribution in [3.8, 4) is 0 Å². The third-order valence-electron chi connectivity index (χ3n) is 4.56. The van der Waals surface area contributed by atoms with Crippen LogP contribution >= 0.6 is 0 Å². The van der Waals surface area contributed by atoms with Crippen molar-refractivity contribution < 1.29 is 18.5 Å². The first kappa shape index (κ1) is 15.8. The Labute approximate surface area is 144 Å². The number of aryl methyl sites for hydroxylation is 1. The van der Waals surface area contributed by atoms with E-state index in [1.165, 1.54) is 6.26 Å². The minimum atomic E-state index is -0.341. The van der Waals surface area contributed by atoms with E-state index in [4.69, 9.17) is 13.7 Å². The third kappa shape index (κ3) is 3.15. The van der Waals surface area contributed by atoms with E-state index in [1.807, 2.05) is 24.3 Å². The van der Waals surface area contributed by atoms with Gasteiger partial charge in [0.25, 0.3) is 5.91 Å². The smallest absolute Gasteiger partial charge is 0.255 e. The summed E-state index contributed by atoms with van der Waals surface area (Å²) < 4.78 is 16.3. The van der Waals surface area contributed by atoms with Gasteiger partial charge in [-0.3, -0.25) is 4.79 Å². The minimum Gasteiger partial charge on any atom is -0.463 e. The molecule has 1 aliphatic heterocycles. The molecule has 130 valence electrons. The van der Waals surface area contributed by atoms with E-state index in [0.717, 1.165) is 18.2 Å². The van der Waals surface area contributed by atoms with Crippen molar-refractivity contribution >= 4 is 16.9 Å². The van der Waals surface area contributed by atoms with Gasteiger partial charge in [-0.2, -0.15) is 4.98 Å². The summed E-state index contributed by atoms with van der Waals surface area (Å²) >= 11 is 0. The fourth-order valence-electron chi connectivity index (χ4n) is 3.24. The molecule has 2 aromatic heterocycles. The maximum atomic E-state index is 12.9. The van der Waals surface area contributed by atoms with E-state index >= 15 is 0 Å². The van der Waals surface area contributed by atoms with E-state index in [1.54, 1.807) is 6.92 Å². The van der Waals surface area contributed by atoms with Crippen molar-refractivity contribution in [2.45, 2.75) is 25.8 Å². The summed E-state index contributed by atoms with van der Waals surface area (Å²) in [5.74, 6) is 0.966. The quantitative estimate of drug-likeness (QED) is 0.784. The first-order valence-electron chi connectivity index (χ1n) is 8.37. The molecule has 25 heavy (non-hydrogen) atoms. The second kappa shape index (κ2) is 6.68. The Kier molecular flexibility index (Phi) is 4.23. The van der Waals surface area contributed by atoms with Gasteiger partial charge in [-0.15, -0.1) is 0 Å². The fourth-order valence-corrected chi connectivity index (χ4v) is 3.24. The topological polar surface area (TPSA) is 90.4 Å². The normalized spacial score (nSPS) is 16.8. The number of carbonyl (C=O) groups excluding carboxylic acids is 1. The molecule has 1 fully saturated rings. The molecule has 1 saturated heterocycles. The number of hydrogen-bond donors (Lipinski definition) is 1. The molecule has 1 N–H and O–H groups in total. The van der Waals surface area contributed by atoms with Gasteiger partial charge < -0.3 is 19.0 Å². The maximum absolute atomic E-state index is 12.9. The van der Waals surface area contributed by atoms with Gasteiger partial charge in [0.15, 0.2) is 5.82 Å². The zero-order chi connectivity index (χ0) is 17.2. The van der Waals surface area contributed by atoms with Gasteiger partial charge in [-0.25, -0.2) is 0 Å². The average Bonchev–Trinajstić information content (AvgIpc) is 3.26. The van der Waals surface area contributed by atoms with Gasteiger partial charge in [0.1, 0.15) is 17.9 Å². The lowest BCUT2D eigenvalue weighted by molar-refractivity contribution is 0.0468. The summed E-state index contributed by atoms with van der Waals surface area (Å²) in [5.41, 5.74) is 1.19. The van der Waals surface area contributed by atoms with Crippen molar-refractivity contribution in [3.05, 3.63) is 47.8 Å². The van der Waals surface area contributed by atoms with Crippen LogP contribution < -0.4 is 5.32 Å². The van der Waals surface area contributed by atoms with E-state index < -0.39 is 0 Å². The Morgan fingerprint density at radius 1 is 1.28 bits per heavy atom. The molecule has 3 heterocycles.